The van der Waals surface area contributed by atoms with E-state index in [9.17, 15) is 0 Å². The van der Waals surface area contributed by atoms with Crippen LogP contribution >= 0.6 is 0 Å². The molecule has 1 aromatic carbocycles. The molecule has 0 aromatic heterocycles. The lowest BCUT2D eigenvalue weighted by atomic mass is 9.73. The van der Waals surface area contributed by atoms with E-state index in [4.69, 9.17) is 0 Å². The van der Waals surface area contributed by atoms with Crippen LogP contribution in [0.15, 0.2) is 54.1 Å². The lowest BCUT2D eigenvalue weighted by Gasteiger charge is -2.30. The maximum Gasteiger partial charge on any atom is 0.0168 e. The standard InChI is InChI=1S/C16H22/c1-5-11-14(6-2)16(4,7-3)15-12-9-8-10-13-15/h5-6,8-13H,7H2,1-4H3/b11-5-,14-6+. The molecular weight excluding hydrogens is 192 g/mol. The highest BCUT2D eigenvalue weighted by Gasteiger charge is 2.26. The van der Waals surface area contributed by atoms with E-state index in [1.165, 1.54) is 11.1 Å². The molecule has 0 fully saturated rings. The highest BCUT2D eigenvalue weighted by Crippen LogP contribution is 2.35. The van der Waals surface area contributed by atoms with Gasteiger partial charge in [0.25, 0.3) is 0 Å². The Hall–Kier alpha value is -1.30. The molecule has 0 radical (unpaired) electrons. The van der Waals surface area contributed by atoms with Crippen molar-refractivity contribution in [2.75, 3.05) is 0 Å². The van der Waals surface area contributed by atoms with Crippen LogP contribution in [-0.4, -0.2) is 0 Å². The first kappa shape index (κ1) is 12.8. The van der Waals surface area contributed by atoms with Gasteiger partial charge in [0.15, 0.2) is 0 Å². The normalized spacial score (nSPS) is 16.4. The van der Waals surface area contributed by atoms with Crippen molar-refractivity contribution in [1.82, 2.24) is 0 Å². The molecule has 86 valence electrons. The van der Waals surface area contributed by atoms with E-state index in [2.05, 4.69) is 76.3 Å². The Morgan fingerprint density at radius 2 is 1.81 bits per heavy atom. The minimum Gasteiger partial charge on any atom is -0.0874 e. The number of benzene rings is 1. The molecular formula is C16H22. The van der Waals surface area contributed by atoms with Crippen molar-refractivity contribution in [3.63, 3.8) is 0 Å². The van der Waals surface area contributed by atoms with E-state index < -0.39 is 0 Å². The Morgan fingerprint density at radius 1 is 1.19 bits per heavy atom. The first-order valence-electron chi connectivity index (χ1n) is 6.04. The molecule has 0 saturated carbocycles. The van der Waals surface area contributed by atoms with E-state index in [0.29, 0.717) is 0 Å². The Bertz CT molecular complexity index is 370. The Kier molecular flexibility index (Phi) is 4.54. The number of allylic oxidation sites excluding steroid dienone is 4. The summed E-state index contributed by atoms with van der Waals surface area (Å²) >= 11 is 0. The average molecular weight is 214 g/mol. The highest BCUT2D eigenvalue weighted by atomic mass is 14.3. The number of hydrogen-bond acceptors (Lipinski definition) is 0. The smallest absolute Gasteiger partial charge is 0.0168 e. The van der Waals surface area contributed by atoms with Crippen molar-refractivity contribution < 1.29 is 0 Å². The monoisotopic (exact) mass is 214 g/mol. The van der Waals surface area contributed by atoms with Gasteiger partial charge >= 0.3 is 0 Å². The first-order chi connectivity index (χ1) is 7.69. The van der Waals surface area contributed by atoms with Crippen LogP contribution in [0.2, 0.25) is 0 Å². The fourth-order valence-corrected chi connectivity index (χ4v) is 2.16. The topological polar surface area (TPSA) is 0 Å². The molecule has 1 aromatic rings. The van der Waals surface area contributed by atoms with Gasteiger partial charge in [0.2, 0.25) is 0 Å². The van der Waals surface area contributed by atoms with E-state index >= 15 is 0 Å². The molecule has 0 heterocycles. The second-order valence-corrected chi connectivity index (χ2v) is 4.30. The summed E-state index contributed by atoms with van der Waals surface area (Å²) in [5.74, 6) is 0. The molecule has 0 aliphatic heterocycles. The molecule has 1 rings (SSSR count). The molecule has 0 aliphatic rings. The summed E-state index contributed by atoms with van der Waals surface area (Å²) in [6.07, 6.45) is 7.67. The van der Waals surface area contributed by atoms with E-state index in [0.717, 1.165) is 6.42 Å². The van der Waals surface area contributed by atoms with Crippen LogP contribution < -0.4 is 0 Å². The fraction of sp³-hybridized carbons (Fsp3) is 0.375. The van der Waals surface area contributed by atoms with Gasteiger partial charge < -0.3 is 0 Å². The van der Waals surface area contributed by atoms with Gasteiger partial charge in [0.1, 0.15) is 0 Å². The van der Waals surface area contributed by atoms with Gasteiger partial charge in [-0.1, -0.05) is 62.4 Å². The van der Waals surface area contributed by atoms with Crippen LogP contribution in [-0.2, 0) is 5.41 Å². The summed E-state index contributed by atoms with van der Waals surface area (Å²) in [4.78, 5) is 0. The number of rotatable bonds is 4. The maximum absolute atomic E-state index is 2.32. The van der Waals surface area contributed by atoms with Gasteiger partial charge in [-0.3, -0.25) is 0 Å². The van der Waals surface area contributed by atoms with Crippen LogP contribution in [0.25, 0.3) is 0 Å². The molecule has 0 bridgehead atoms. The minimum absolute atomic E-state index is 0.128. The van der Waals surface area contributed by atoms with Crippen molar-refractivity contribution in [2.45, 2.75) is 39.5 Å². The van der Waals surface area contributed by atoms with Gasteiger partial charge in [-0.05, 0) is 31.4 Å². The zero-order valence-electron chi connectivity index (χ0n) is 10.8. The van der Waals surface area contributed by atoms with E-state index in [1.54, 1.807) is 0 Å². The Balaban J connectivity index is 3.21. The second kappa shape index (κ2) is 5.69. The van der Waals surface area contributed by atoms with E-state index in [-0.39, 0.29) is 5.41 Å². The van der Waals surface area contributed by atoms with Crippen molar-refractivity contribution in [3.05, 3.63) is 59.7 Å². The predicted molar refractivity (Wildman–Crippen MR) is 72.7 cm³/mol. The van der Waals surface area contributed by atoms with Gasteiger partial charge in [0, 0.05) is 5.41 Å². The van der Waals surface area contributed by atoms with Crippen molar-refractivity contribution in [2.24, 2.45) is 0 Å². The summed E-state index contributed by atoms with van der Waals surface area (Å²) in [7, 11) is 0. The molecule has 0 aliphatic carbocycles. The number of hydrogen-bond donors (Lipinski definition) is 0. The lowest BCUT2D eigenvalue weighted by molar-refractivity contribution is 0.547. The molecule has 1 atom stereocenters. The third-order valence-electron chi connectivity index (χ3n) is 3.41. The third kappa shape index (κ3) is 2.44. The van der Waals surface area contributed by atoms with Crippen LogP contribution in [0.4, 0.5) is 0 Å². The zero-order chi connectivity index (χ0) is 12.0. The Labute approximate surface area is 99.7 Å². The summed E-state index contributed by atoms with van der Waals surface area (Å²) in [5, 5.41) is 0. The van der Waals surface area contributed by atoms with Crippen molar-refractivity contribution in [3.8, 4) is 0 Å². The van der Waals surface area contributed by atoms with Gasteiger partial charge in [-0.2, -0.15) is 0 Å². The molecule has 1 unspecified atom stereocenters. The van der Waals surface area contributed by atoms with Crippen LogP contribution in [0.5, 0.6) is 0 Å². The summed E-state index contributed by atoms with van der Waals surface area (Å²) in [5.41, 5.74) is 2.91. The highest BCUT2D eigenvalue weighted by molar-refractivity contribution is 5.40. The third-order valence-corrected chi connectivity index (χ3v) is 3.41. The summed E-state index contributed by atoms with van der Waals surface area (Å²) < 4.78 is 0. The average Bonchev–Trinajstić information content (AvgIpc) is 2.36. The van der Waals surface area contributed by atoms with Crippen LogP contribution in [0.1, 0.15) is 39.7 Å². The SMILES string of the molecule is C/C=C\C(=C/C)C(C)(CC)c1ccccc1. The fourth-order valence-electron chi connectivity index (χ4n) is 2.16. The van der Waals surface area contributed by atoms with Crippen LogP contribution in [0.3, 0.4) is 0 Å². The van der Waals surface area contributed by atoms with Crippen molar-refractivity contribution >= 4 is 0 Å². The molecule has 0 N–H and O–H groups in total. The summed E-state index contributed by atoms with van der Waals surface area (Å²) in [6, 6.07) is 10.7. The molecule has 0 amide bonds. The predicted octanol–water partition coefficient (Wildman–Crippen LogP) is 4.88. The maximum atomic E-state index is 2.32. The van der Waals surface area contributed by atoms with Crippen molar-refractivity contribution in [1.29, 1.82) is 0 Å². The van der Waals surface area contributed by atoms with Gasteiger partial charge in [-0.15, -0.1) is 0 Å². The van der Waals surface area contributed by atoms with Gasteiger partial charge in [0.05, 0.1) is 0 Å². The molecule has 0 spiro atoms. The van der Waals surface area contributed by atoms with Gasteiger partial charge in [-0.25, -0.2) is 0 Å². The minimum atomic E-state index is 0.128. The largest absolute Gasteiger partial charge is 0.0874 e. The molecule has 0 saturated heterocycles. The van der Waals surface area contributed by atoms with Crippen LogP contribution in [0, 0.1) is 0 Å². The molecule has 0 heteroatoms. The first-order valence-corrected chi connectivity index (χ1v) is 6.04. The summed E-state index contributed by atoms with van der Waals surface area (Å²) in [6.45, 7) is 8.76. The second-order valence-electron chi connectivity index (χ2n) is 4.30. The zero-order valence-corrected chi connectivity index (χ0v) is 10.8. The Morgan fingerprint density at radius 3 is 2.25 bits per heavy atom. The quantitative estimate of drug-likeness (QED) is 0.627. The molecule has 16 heavy (non-hydrogen) atoms. The lowest BCUT2D eigenvalue weighted by Crippen LogP contribution is -2.22. The molecule has 0 nitrogen and oxygen atoms in total. The van der Waals surface area contributed by atoms with E-state index in [1.807, 2.05) is 0 Å².